The van der Waals surface area contributed by atoms with Crippen molar-refractivity contribution in [1.29, 1.82) is 0 Å². The normalized spacial score (nSPS) is 15.4. The molecule has 0 saturated heterocycles. The molecule has 124 valence electrons. The van der Waals surface area contributed by atoms with Gasteiger partial charge in [0, 0.05) is 5.56 Å². The molecule has 1 aliphatic rings. The van der Waals surface area contributed by atoms with Gasteiger partial charge in [0.05, 0.1) is 6.54 Å². The zero-order valence-electron chi connectivity index (χ0n) is 13.2. The summed E-state index contributed by atoms with van der Waals surface area (Å²) in [4.78, 5) is 12.2. The molecule has 1 heterocycles. The molecule has 0 aliphatic carbocycles. The Morgan fingerprint density at radius 1 is 1.21 bits per heavy atom. The minimum atomic E-state index is -0.209. The zero-order valence-corrected chi connectivity index (χ0v) is 13.2. The Labute approximate surface area is 140 Å². The van der Waals surface area contributed by atoms with E-state index in [1.807, 2.05) is 24.3 Å². The van der Waals surface area contributed by atoms with E-state index in [2.05, 4.69) is 11.9 Å². The number of nitrogens with one attached hydrogen (secondary N) is 1. The highest BCUT2D eigenvalue weighted by atomic mass is 16.6. The maximum Gasteiger partial charge on any atom is 0.251 e. The smallest absolute Gasteiger partial charge is 0.251 e. The third-order valence-electron chi connectivity index (χ3n) is 3.54. The molecule has 0 fully saturated rings. The number of benzene rings is 2. The molecule has 0 unspecified atom stereocenters. The van der Waals surface area contributed by atoms with Crippen molar-refractivity contribution < 1.29 is 19.0 Å². The van der Waals surface area contributed by atoms with E-state index in [-0.39, 0.29) is 12.0 Å². The first-order valence-corrected chi connectivity index (χ1v) is 7.76. The maximum absolute atomic E-state index is 12.2. The molecule has 0 radical (unpaired) electrons. The molecule has 5 nitrogen and oxygen atoms in total. The molecule has 1 N–H and O–H groups in total. The summed E-state index contributed by atoms with van der Waals surface area (Å²) in [5.41, 5.74) is 0.568. The summed E-state index contributed by atoms with van der Waals surface area (Å²) in [6.07, 6.45) is 1.46. The lowest BCUT2D eigenvalue weighted by Gasteiger charge is -2.26. The third kappa shape index (κ3) is 3.87. The summed E-state index contributed by atoms with van der Waals surface area (Å²) < 4.78 is 16.8. The van der Waals surface area contributed by atoms with Crippen LogP contribution in [-0.4, -0.2) is 31.8 Å². The summed E-state index contributed by atoms with van der Waals surface area (Å²) in [5, 5.41) is 2.86. The molecular formula is C19H19NO4. The second-order valence-electron chi connectivity index (χ2n) is 5.33. The van der Waals surface area contributed by atoms with Crippen LogP contribution in [0.1, 0.15) is 10.4 Å². The fraction of sp³-hybridized carbons (Fsp3) is 0.211. The van der Waals surface area contributed by atoms with Gasteiger partial charge in [-0.05, 0) is 36.4 Å². The summed E-state index contributed by atoms with van der Waals surface area (Å²) >= 11 is 0. The van der Waals surface area contributed by atoms with Gasteiger partial charge in [-0.2, -0.15) is 0 Å². The first-order valence-electron chi connectivity index (χ1n) is 7.76. The van der Waals surface area contributed by atoms with E-state index in [1.165, 1.54) is 0 Å². The average Bonchev–Trinajstić information content (AvgIpc) is 2.64. The molecule has 1 atom stereocenters. The highest BCUT2D eigenvalue weighted by Gasteiger charge is 2.21. The average molecular weight is 325 g/mol. The number of rotatable bonds is 6. The van der Waals surface area contributed by atoms with Crippen molar-refractivity contribution in [3.63, 3.8) is 0 Å². The Bertz CT molecular complexity index is 712. The predicted molar refractivity (Wildman–Crippen MR) is 90.8 cm³/mol. The SMILES string of the molecule is C=CCOc1ccc(C(=O)NC[C@@H]2COc3ccccc3O2)cc1. The van der Waals surface area contributed by atoms with Gasteiger partial charge in [0.2, 0.25) is 0 Å². The number of ether oxygens (including phenoxy) is 3. The lowest BCUT2D eigenvalue weighted by Crippen LogP contribution is -2.40. The van der Waals surface area contributed by atoms with Gasteiger partial charge in [0.1, 0.15) is 25.1 Å². The van der Waals surface area contributed by atoms with Gasteiger partial charge in [-0.1, -0.05) is 24.8 Å². The van der Waals surface area contributed by atoms with E-state index < -0.39 is 0 Å². The van der Waals surface area contributed by atoms with E-state index in [9.17, 15) is 4.79 Å². The second-order valence-corrected chi connectivity index (χ2v) is 5.33. The Balaban J connectivity index is 1.51. The Kier molecular flexibility index (Phi) is 5.01. The number of amides is 1. The summed E-state index contributed by atoms with van der Waals surface area (Å²) in [7, 11) is 0. The number of para-hydroxylation sites is 2. The topological polar surface area (TPSA) is 56.8 Å². The number of hydrogen-bond donors (Lipinski definition) is 1. The molecule has 2 aromatic carbocycles. The van der Waals surface area contributed by atoms with Crippen LogP contribution in [-0.2, 0) is 0 Å². The quantitative estimate of drug-likeness (QED) is 0.830. The van der Waals surface area contributed by atoms with Crippen LogP contribution in [0.15, 0.2) is 61.2 Å². The Hall–Kier alpha value is -2.95. The van der Waals surface area contributed by atoms with Crippen molar-refractivity contribution in [2.24, 2.45) is 0 Å². The number of fused-ring (bicyclic) bond motifs is 1. The molecule has 0 bridgehead atoms. The number of hydrogen-bond acceptors (Lipinski definition) is 4. The van der Waals surface area contributed by atoms with Crippen LogP contribution in [0.2, 0.25) is 0 Å². The van der Waals surface area contributed by atoms with Gasteiger partial charge in [0.25, 0.3) is 5.91 Å². The molecule has 1 amide bonds. The fourth-order valence-electron chi connectivity index (χ4n) is 2.33. The largest absolute Gasteiger partial charge is 0.490 e. The minimum absolute atomic E-state index is 0.160. The molecule has 3 rings (SSSR count). The van der Waals surface area contributed by atoms with E-state index in [1.54, 1.807) is 30.3 Å². The molecule has 5 heteroatoms. The van der Waals surface area contributed by atoms with Gasteiger partial charge >= 0.3 is 0 Å². The molecule has 24 heavy (non-hydrogen) atoms. The lowest BCUT2D eigenvalue weighted by molar-refractivity contribution is 0.0789. The van der Waals surface area contributed by atoms with Gasteiger partial charge in [-0.25, -0.2) is 0 Å². The summed E-state index contributed by atoms with van der Waals surface area (Å²) in [6, 6.07) is 14.5. The molecule has 2 aromatic rings. The van der Waals surface area contributed by atoms with E-state index >= 15 is 0 Å². The Morgan fingerprint density at radius 2 is 1.96 bits per heavy atom. The van der Waals surface area contributed by atoms with Gasteiger partial charge < -0.3 is 19.5 Å². The van der Waals surface area contributed by atoms with Crippen molar-refractivity contribution in [1.82, 2.24) is 5.32 Å². The van der Waals surface area contributed by atoms with Crippen LogP contribution >= 0.6 is 0 Å². The Morgan fingerprint density at radius 3 is 2.71 bits per heavy atom. The van der Waals surface area contributed by atoms with Crippen LogP contribution in [0.4, 0.5) is 0 Å². The molecule has 1 aliphatic heterocycles. The van der Waals surface area contributed by atoms with Crippen LogP contribution in [0, 0.1) is 0 Å². The van der Waals surface area contributed by atoms with Crippen molar-refractivity contribution in [3.8, 4) is 17.2 Å². The molecule has 0 aromatic heterocycles. The maximum atomic E-state index is 12.2. The highest BCUT2D eigenvalue weighted by molar-refractivity contribution is 5.94. The molecule has 0 spiro atoms. The minimum Gasteiger partial charge on any atom is -0.490 e. The third-order valence-corrected chi connectivity index (χ3v) is 3.54. The predicted octanol–water partition coefficient (Wildman–Crippen LogP) is 2.82. The highest BCUT2D eigenvalue weighted by Crippen LogP contribution is 2.30. The first-order chi connectivity index (χ1) is 11.8. The van der Waals surface area contributed by atoms with Crippen molar-refractivity contribution in [2.45, 2.75) is 6.10 Å². The van der Waals surface area contributed by atoms with Crippen LogP contribution < -0.4 is 19.5 Å². The monoisotopic (exact) mass is 325 g/mol. The molecular weight excluding hydrogens is 306 g/mol. The fourth-order valence-corrected chi connectivity index (χ4v) is 2.33. The standard InChI is InChI=1S/C19H19NO4/c1-2-11-22-15-9-7-14(8-10-15)19(21)20-12-16-13-23-17-5-3-4-6-18(17)24-16/h2-10,16H,1,11-13H2,(H,20,21)/t16-/m1/s1. The number of carbonyl (C=O) groups excluding carboxylic acids is 1. The van der Waals surface area contributed by atoms with Crippen LogP contribution in [0.25, 0.3) is 0 Å². The van der Waals surface area contributed by atoms with Crippen LogP contribution in [0.5, 0.6) is 17.2 Å². The zero-order chi connectivity index (χ0) is 16.8. The summed E-state index contributed by atoms with van der Waals surface area (Å²) in [5.74, 6) is 1.97. The van der Waals surface area contributed by atoms with Crippen molar-refractivity contribution in [2.75, 3.05) is 19.8 Å². The van der Waals surface area contributed by atoms with Crippen molar-refractivity contribution in [3.05, 3.63) is 66.7 Å². The lowest BCUT2D eigenvalue weighted by atomic mass is 10.2. The van der Waals surface area contributed by atoms with Gasteiger partial charge in [-0.15, -0.1) is 0 Å². The van der Waals surface area contributed by atoms with Crippen molar-refractivity contribution >= 4 is 5.91 Å². The van der Waals surface area contributed by atoms with E-state index in [4.69, 9.17) is 14.2 Å². The number of carbonyl (C=O) groups is 1. The first kappa shape index (κ1) is 15.9. The van der Waals surface area contributed by atoms with Gasteiger partial charge in [0.15, 0.2) is 11.5 Å². The second kappa shape index (κ2) is 7.55. The summed E-state index contributed by atoms with van der Waals surface area (Å²) in [6.45, 7) is 4.81. The van der Waals surface area contributed by atoms with E-state index in [0.717, 1.165) is 5.75 Å². The van der Waals surface area contributed by atoms with Gasteiger partial charge in [-0.3, -0.25) is 4.79 Å². The van der Waals surface area contributed by atoms with E-state index in [0.29, 0.717) is 36.8 Å². The van der Waals surface area contributed by atoms with Crippen LogP contribution in [0.3, 0.4) is 0 Å². The molecule has 0 saturated carbocycles.